The first kappa shape index (κ1) is 13.1. The minimum Gasteiger partial charge on any atom is -0.313 e. The molecule has 0 aliphatic heterocycles. The maximum absolute atomic E-state index is 6.10. The number of hydrogen-bond donors (Lipinski definition) is 1. The third-order valence-electron chi connectivity index (χ3n) is 2.88. The van der Waals surface area contributed by atoms with Crippen molar-refractivity contribution in [1.82, 2.24) is 20.3 Å². The van der Waals surface area contributed by atoms with Crippen molar-refractivity contribution in [2.24, 2.45) is 7.05 Å². The summed E-state index contributed by atoms with van der Waals surface area (Å²) in [5.41, 5.74) is 3.31. The predicted octanol–water partition coefficient (Wildman–Crippen LogP) is 2.28. The van der Waals surface area contributed by atoms with Crippen LogP contribution in [0.1, 0.15) is 22.9 Å². The monoisotopic (exact) mass is 264 g/mol. The Labute approximate surface area is 112 Å². The van der Waals surface area contributed by atoms with Gasteiger partial charge in [0.2, 0.25) is 0 Å². The SMILES string of the molecule is CNC(Cc1cn(C)nn1)c1cc(C)cc(Cl)c1. The average Bonchev–Trinajstić information content (AvgIpc) is 2.70. The van der Waals surface area contributed by atoms with Crippen molar-refractivity contribution in [3.05, 3.63) is 46.2 Å². The Balaban J connectivity index is 2.22. The molecule has 1 N–H and O–H groups in total. The van der Waals surface area contributed by atoms with Gasteiger partial charge in [-0.05, 0) is 37.2 Å². The Kier molecular flexibility index (Phi) is 3.99. The van der Waals surface area contributed by atoms with Gasteiger partial charge < -0.3 is 5.32 Å². The number of benzene rings is 1. The fourth-order valence-electron chi connectivity index (χ4n) is 2.05. The second-order valence-corrected chi connectivity index (χ2v) is 4.93. The van der Waals surface area contributed by atoms with E-state index < -0.39 is 0 Å². The third-order valence-corrected chi connectivity index (χ3v) is 3.10. The lowest BCUT2D eigenvalue weighted by Crippen LogP contribution is -2.19. The van der Waals surface area contributed by atoms with Crippen molar-refractivity contribution in [3.8, 4) is 0 Å². The topological polar surface area (TPSA) is 42.7 Å². The first-order chi connectivity index (χ1) is 8.58. The van der Waals surface area contributed by atoms with Crippen molar-refractivity contribution in [2.75, 3.05) is 7.05 Å². The number of nitrogens with zero attached hydrogens (tertiary/aromatic N) is 3. The Morgan fingerprint density at radius 2 is 2.17 bits per heavy atom. The van der Waals surface area contributed by atoms with Crippen LogP contribution in [-0.4, -0.2) is 22.0 Å². The molecule has 0 radical (unpaired) electrons. The zero-order valence-electron chi connectivity index (χ0n) is 10.8. The number of likely N-dealkylation sites (N-methyl/N-ethyl adjacent to an activating group) is 1. The highest BCUT2D eigenvalue weighted by atomic mass is 35.5. The van der Waals surface area contributed by atoms with Gasteiger partial charge in [0.1, 0.15) is 0 Å². The fourth-order valence-corrected chi connectivity index (χ4v) is 2.35. The summed E-state index contributed by atoms with van der Waals surface area (Å²) in [6.07, 6.45) is 2.73. The number of aromatic nitrogens is 3. The van der Waals surface area contributed by atoms with E-state index in [4.69, 9.17) is 11.6 Å². The van der Waals surface area contributed by atoms with Crippen molar-refractivity contribution in [2.45, 2.75) is 19.4 Å². The van der Waals surface area contributed by atoms with Crippen molar-refractivity contribution in [1.29, 1.82) is 0 Å². The van der Waals surface area contributed by atoms with Crippen LogP contribution in [0.2, 0.25) is 5.02 Å². The average molecular weight is 265 g/mol. The van der Waals surface area contributed by atoms with Gasteiger partial charge in [-0.3, -0.25) is 4.68 Å². The lowest BCUT2D eigenvalue weighted by atomic mass is 10.0. The summed E-state index contributed by atoms with van der Waals surface area (Å²) >= 11 is 6.10. The Morgan fingerprint density at radius 3 is 2.72 bits per heavy atom. The molecule has 18 heavy (non-hydrogen) atoms. The molecule has 0 saturated heterocycles. The molecule has 0 saturated carbocycles. The molecule has 1 heterocycles. The number of hydrogen-bond acceptors (Lipinski definition) is 3. The van der Waals surface area contributed by atoms with Crippen LogP contribution in [0.4, 0.5) is 0 Å². The van der Waals surface area contributed by atoms with Crippen LogP contribution >= 0.6 is 11.6 Å². The number of halogens is 1. The van der Waals surface area contributed by atoms with E-state index in [0.717, 1.165) is 22.7 Å². The molecule has 2 rings (SSSR count). The van der Waals surface area contributed by atoms with Crippen LogP contribution in [0.3, 0.4) is 0 Å². The van der Waals surface area contributed by atoms with Crippen LogP contribution in [-0.2, 0) is 13.5 Å². The van der Waals surface area contributed by atoms with Crippen LogP contribution in [0.25, 0.3) is 0 Å². The lowest BCUT2D eigenvalue weighted by Gasteiger charge is -2.16. The molecule has 5 heteroatoms. The van der Waals surface area contributed by atoms with E-state index in [2.05, 4.69) is 21.7 Å². The van der Waals surface area contributed by atoms with Gasteiger partial charge in [0.05, 0.1) is 5.69 Å². The Bertz CT molecular complexity index is 515. The highest BCUT2D eigenvalue weighted by Gasteiger charge is 2.13. The van der Waals surface area contributed by atoms with Crippen molar-refractivity contribution in [3.63, 3.8) is 0 Å². The molecular weight excluding hydrogens is 248 g/mol. The van der Waals surface area contributed by atoms with E-state index in [1.807, 2.05) is 39.3 Å². The second kappa shape index (κ2) is 5.50. The van der Waals surface area contributed by atoms with Crippen LogP contribution < -0.4 is 5.32 Å². The number of nitrogens with one attached hydrogen (secondary N) is 1. The molecular formula is C13H17ClN4. The highest BCUT2D eigenvalue weighted by molar-refractivity contribution is 6.30. The molecule has 0 fully saturated rings. The summed E-state index contributed by atoms with van der Waals surface area (Å²) in [6.45, 7) is 2.05. The van der Waals surface area contributed by atoms with Gasteiger partial charge in [0.25, 0.3) is 0 Å². The van der Waals surface area contributed by atoms with Crippen molar-refractivity contribution >= 4 is 11.6 Å². The molecule has 1 atom stereocenters. The van der Waals surface area contributed by atoms with Crippen LogP contribution in [0.5, 0.6) is 0 Å². The van der Waals surface area contributed by atoms with E-state index in [1.54, 1.807) is 4.68 Å². The minimum absolute atomic E-state index is 0.194. The molecule has 4 nitrogen and oxygen atoms in total. The van der Waals surface area contributed by atoms with Gasteiger partial charge in [-0.2, -0.15) is 0 Å². The quantitative estimate of drug-likeness (QED) is 0.921. The first-order valence-electron chi connectivity index (χ1n) is 5.88. The molecule has 1 aromatic carbocycles. The Morgan fingerprint density at radius 1 is 1.39 bits per heavy atom. The second-order valence-electron chi connectivity index (χ2n) is 4.49. The molecule has 96 valence electrons. The van der Waals surface area contributed by atoms with Gasteiger partial charge in [-0.15, -0.1) is 5.10 Å². The summed E-state index contributed by atoms with van der Waals surface area (Å²) in [5.74, 6) is 0. The molecule has 0 bridgehead atoms. The normalized spacial score (nSPS) is 12.7. The van der Waals surface area contributed by atoms with E-state index >= 15 is 0 Å². The molecule has 0 spiro atoms. The minimum atomic E-state index is 0.194. The zero-order chi connectivity index (χ0) is 13.1. The number of aryl methyl sites for hydroxylation is 2. The summed E-state index contributed by atoms with van der Waals surface area (Å²) in [4.78, 5) is 0. The third kappa shape index (κ3) is 3.09. The smallest absolute Gasteiger partial charge is 0.0845 e. The number of rotatable bonds is 4. The molecule has 0 aliphatic rings. The van der Waals surface area contributed by atoms with Gasteiger partial charge in [-0.1, -0.05) is 22.9 Å². The first-order valence-corrected chi connectivity index (χ1v) is 6.26. The van der Waals surface area contributed by atoms with E-state index in [1.165, 1.54) is 5.56 Å². The summed E-state index contributed by atoms with van der Waals surface area (Å²) in [6, 6.07) is 6.29. The maximum Gasteiger partial charge on any atom is 0.0845 e. The highest BCUT2D eigenvalue weighted by Crippen LogP contribution is 2.22. The molecule has 1 aromatic heterocycles. The van der Waals surface area contributed by atoms with Gasteiger partial charge >= 0.3 is 0 Å². The molecule has 0 amide bonds. The standard InChI is InChI=1S/C13H17ClN4/c1-9-4-10(6-11(14)5-9)13(15-2)7-12-8-18(3)17-16-12/h4-6,8,13,15H,7H2,1-3H3. The van der Waals surface area contributed by atoms with Crippen molar-refractivity contribution < 1.29 is 0 Å². The van der Waals surface area contributed by atoms with Gasteiger partial charge in [0.15, 0.2) is 0 Å². The Hall–Kier alpha value is -1.39. The van der Waals surface area contributed by atoms with E-state index in [-0.39, 0.29) is 6.04 Å². The van der Waals surface area contributed by atoms with Crippen LogP contribution in [0, 0.1) is 6.92 Å². The molecule has 0 aliphatic carbocycles. The largest absolute Gasteiger partial charge is 0.313 e. The molecule has 2 aromatic rings. The lowest BCUT2D eigenvalue weighted by molar-refractivity contribution is 0.583. The summed E-state index contributed by atoms with van der Waals surface area (Å²) in [7, 11) is 3.81. The molecule has 1 unspecified atom stereocenters. The van der Waals surface area contributed by atoms with E-state index in [0.29, 0.717) is 0 Å². The van der Waals surface area contributed by atoms with Gasteiger partial charge in [-0.25, -0.2) is 0 Å². The van der Waals surface area contributed by atoms with Crippen LogP contribution in [0.15, 0.2) is 24.4 Å². The predicted molar refractivity (Wildman–Crippen MR) is 72.7 cm³/mol. The summed E-state index contributed by atoms with van der Waals surface area (Å²) in [5, 5.41) is 12.1. The van der Waals surface area contributed by atoms with Gasteiger partial charge in [0, 0.05) is 30.7 Å². The summed E-state index contributed by atoms with van der Waals surface area (Å²) < 4.78 is 1.71. The zero-order valence-corrected chi connectivity index (χ0v) is 11.6. The van der Waals surface area contributed by atoms with E-state index in [9.17, 15) is 0 Å². The fraction of sp³-hybridized carbons (Fsp3) is 0.385. The maximum atomic E-state index is 6.10.